The van der Waals surface area contributed by atoms with Gasteiger partial charge in [-0.15, -0.1) is 0 Å². The molecule has 0 aliphatic carbocycles. The second kappa shape index (κ2) is 8.22. The SMILES string of the molecule is CCOC(=O)[C@@](C)(CCN1Cc2cc(-c3ccc(C)cc3)ccc2C1=O)S(C)(=O)=O. The third kappa shape index (κ3) is 4.12. The number of hydrogen-bond acceptors (Lipinski definition) is 5. The molecule has 2 aromatic rings. The number of amides is 1. The second-order valence-corrected chi connectivity index (χ2v) is 10.4. The van der Waals surface area contributed by atoms with Crippen LogP contribution in [0.4, 0.5) is 0 Å². The standard InChI is InChI=1S/C23H27NO5S/c1-5-29-22(26)23(3,30(4,27)28)12-13-24-15-19-14-18(10-11-20(19)21(24)25)17-8-6-16(2)7-9-17/h6-11,14H,5,12-13,15H2,1-4H3/t23-/m1/s1. The number of rotatable bonds is 7. The van der Waals surface area contributed by atoms with Crippen molar-refractivity contribution in [3.63, 3.8) is 0 Å². The summed E-state index contributed by atoms with van der Waals surface area (Å²) in [6.07, 6.45) is 1.01. The molecule has 1 aliphatic rings. The van der Waals surface area contributed by atoms with Crippen LogP contribution in [0.3, 0.4) is 0 Å². The lowest BCUT2D eigenvalue weighted by atomic mass is 10.00. The molecule has 0 fully saturated rings. The number of hydrogen-bond donors (Lipinski definition) is 0. The van der Waals surface area contributed by atoms with Crippen molar-refractivity contribution < 1.29 is 22.7 Å². The van der Waals surface area contributed by atoms with E-state index in [9.17, 15) is 18.0 Å². The van der Waals surface area contributed by atoms with Crippen LogP contribution in [0, 0.1) is 6.92 Å². The van der Waals surface area contributed by atoms with E-state index in [0.717, 1.165) is 22.9 Å². The molecular formula is C23H27NO5S. The Labute approximate surface area is 177 Å². The highest BCUT2D eigenvalue weighted by molar-refractivity contribution is 7.92. The van der Waals surface area contributed by atoms with Crippen LogP contribution in [-0.4, -0.2) is 49.3 Å². The highest BCUT2D eigenvalue weighted by Gasteiger charge is 2.45. The van der Waals surface area contributed by atoms with Gasteiger partial charge in [-0.1, -0.05) is 35.9 Å². The smallest absolute Gasteiger partial charge is 0.327 e. The third-order valence-electron chi connectivity index (χ3n) is 5.75. The van der Waals surface area contributed by atoms with Gasteiger partial charge in [0, 0.05) is 24.9 Å². The molecule has 7 heteroatoms. The highest BCUT2D eigenvalue weighted by Crippen LogP contribution is 2.30. The Kier molecular flexibility index (Phi) is 6.04. The molecule has 1 heterocycles. The van der Waals surface area contributed by atoms with E-state index in [-0.39, 0.29) is 25.5 Å². The lowest BCUT2D eigenvalue weighted by Gasteiger charge is -2.27. The van der Waals surface area contributed by atoms with Gasteiger partial charge in [0.15, 0.2) is 14.6 Å². The Bertz CT molecular complexity index is 1080. The predicted molar refractivity (Wildman–Crippen MR) is 116 cm³/mol. The molecular weight excluding hydrogens is 402 g/mol. The lowest BCUT2D eigenvalue weighted by Crippen LogP contribution is -2.47. The van der Waals surface area contributed by atoms with Crippen molar-refractivity contribution in [3.05, 3.63) is 59.2 Å². The zero-order chi connectivity index (χ0) is 22.1. The largest absolute Gasteiger partial charge is 0.465 e. The van der Waals surface area contributed by atoms with Gasteiger partial charge < -0.3 is 9.64 Å². The molecule has 0 unspecified atom stereocenters. The van der Waals surface area contributed by atoms with Crippen molar-refractivity contribution in [1.82, 2.24) is 4.90 Å². The van der Waals surface area contributed by atoms with E-state index in [1.165, 1.54) is 12.5 Å². The number of esters is 1. The molecule has 0 saturated carbocycles. The predicted octanol–water partition coefficient (Wildman–Crippen LogP) is 3.37. The Hall–Kier alpha value is -2.67. The van der Waals surface area contributed by atoms with E-state index in [1.54, 1.807) is 11.8 Å². The minimum atomic E-state index is -3.72. The van der Waals surface area contributed by atoms with Crippen LogP contribution >= 0.6 is 0 Å². The molecule has 0 saturated heterocycles. The van der Waals surface area contributed by atoms with Gasteiger partial charge >= 0.3 is 5.97 Å². The van der Waals surface area contributed by atoms with Crippen LogP contribution in [0.1, 0.15) is 41.8 Å². The molecule has 160 valence electrons. The summed E-state index contributed by atoms with van der Waals surface area (Å²) >= 11 is 0. The number of aryl methyl sites for hydroxylation is 1. The number of sulfone groups is 1. The Balaban J connectivity index is 1.79. The van der Waals surface area contributed by atoms with E-state index in [2.05, 4.69) is 0 Å². The molecule has 6 nitrogen and oxygen atoms in total. The number of benzene rings is 2. The molecule has 0 N–H and O–H groups in total. The van der Waals surface area contributed by atoms with Gasteiger partial charge in [0.25, 0.3) is 5.91 Å². The van der Waals surface area contributed by atoms with Gasteiger partial charge in [0.1, 0.15) is 0 Å². The van der Waals surface area contributed by atoms with E-state index in [1.807, 2.05) is 49.4 Å². The summed E-state index contributed by atoms with van der Waals surface area (Å²) in [6.45, 7) is 5.66. The first-order chi connectivity index (χ1) is 14.1. The number of fused-ring (bicyclic) bond motifs is 1. The maximum Gasteiger partial charge on any atom is 0.327 e. The van der Waals surface area contributed by atoms with Crippen molar-refractivity contribution >= 4 is 21.7 Å². The minimum Gasteiger partial charge on any atom is -0.465 e. The monoisotopic (exact) mass is 429 g/mol. The number of carbonyl (C=O) groups is 2. The van der Waals surface area contributed by atoms with Crippen molar-refractivity contribution in [3.8, 4) is 11.1 Å². The highest BCUT2D eigenvalue weighted by atomic mass is 32.2. The molecule has 1 aliphatic heterocycles. The van der Waals surface area contributed by atoms with E-state index < -0.39 is 20.6 Å². The zero-order valence-corrected chi connectivity index (χ0v) is 18.6. The van der Waals surface area contributed by atoms with Crippen LogP contribution in [0.2, 0.25) is 0 Å². The summed E-state index contributed by atoms with van der Waals surface area (Å²) in [5, 5.41) is 0. The van der Waals surface area contributed by atoms with Crippen molar-refractivity contribution in [2.45, 2.75) is 38.5 Å². The molecule has 30 heavy (non-hydrogen) atoms. The molecule has 3 rings (SSSR count). The van der Waals surface area contributed by atoms with Crippen molar-refractivity contribution in [2.75, 3.05) is 19.4 Å². The van der Waals surface area contributed by atoms with Crippen LogP contribution < -0.4 is 0 Å². The Morgan fingerprint density at radius 1 is 1.13 bits per heavy atom. The second-order valence-electron chi connectivity index (χ2n) is 7.94. The summed E-state index contributed by atoms with van der Waals surface area (Å²) in [6, 6.07) is 13.9. The summed E-state index contributed by atoms with van der Waals surface area (Å²) in [5.74, 6) is -0.932. The van der Waals surface area contributed by atoms with Crippen molar-refractivity contribution in [1.29, 1.82) is 0 Å². The summed E-state index contributed by atoms with van der Waals surface area (Å²) in [5.41, 5.74) is 4.78. The van der Waals surface area contributed by atoms with Crippen LogP contribution in [0.25, 0.3) is 11.1 Å². The lowest BCUT2D eigenvalue weighted by molar-refractivity contribution is -0.146. The molecule has 0 aromatic heterocycles. The Morgan fingerprint density at radius 2 is 1.77 bits per heavy atom. The first-order valence-electron chi connectivity index (χ1n) is 9.93. The molecule has 0 spiro atoms. The molecule has 0 bridgehead atoms. The van der Waals surface area contributed by atoms with E-state index in [4.69, 9.17) is 4.74 Å². The van der Waals surface area contributed by atoms with Gasteiger partial charge in [0.2, 0.25) is 0 Å². The molecule has 0 radical (unpaired) electrons. The van der Waals surface area contributed by atoms with E-state index >= 15 is 0 Å². The topological polar surface area (TPSA) is 80.8 Å². The number of carbonyl (C=O) groups excluding carboxylic acids is 2. The van der Waals surface area contributed by atoms with Crippen LogP contribution in [0.5, 0.6) is 0 Å². The van der Waals surface area contributed by atoms with Crippen molar-refractivity contribution in [2.24, 2.45) is 0 Å². The average Bonchev–Trinajstić information content (AvgIpc) is 3.01. The summed E-state index contributed by atoms with van der Waals surface area (Å²) < 4.78 is 27.9. The Morgan fingerprint density at radius 3 is 2.37 bits per heavy atom. The minimum absolute atomic E-state index is 0.0186. The van der Waals surface area contributed by atoms with E-state index in [0.29, 0.717) is 12.1 Å². The van der Waals surface area contributed by atoms with Gasteiger partial charge in [-0.2, -0.15) is 0 Å². The first kappa shape index (κ1) is 22.0. The fourth-order valence-corrected chi connectivity index (χ4v) is 4.38. The third-order valence-corrected chi connectivity index (χ3v) is 7.76. The summed E-state index contributed by atoms with van der Waals surface area (Å²) in [4.78, 5) is 26.7. The van der Waals surface area contributed by atoms with Gasteiger partial charge in [-0.3, -0.25) is 9.59 Å². The van der Waals surface area contributed by atoms with Gasteiger partial charge in [0.05, 0.1) is 6.61 Å². The summed E-state index contributed by atoms with van der Waals surface area (Å²) in [7, 11) is -3.72. The van der Waals surface area contributed by atoms with Crippen LogP contribution in [-0.2, 0) is 25.9 Å². The van der Waals surface area contributed by atoms with Crippen LogP contribution in [0.15, 0.2) is 42.5 Å². The average molecular weight is 430 g/mol. The quantitative estimate of drug-likeness (QED) is 0.631. The molecule has 1 amide bonds. The normalized spacial score (nSPS) is 15.6. The maximum absolute atomic E-state index is 12.8. The fraction of sp³-hybridized carbons (Fsp3) is 0.391. The zero-order valence-electron chi connectivity index (χ0n) is 17.8. The molecule has 2 aromatic carbocycles. The van der Waals surface area contributed by atoms with Gasteiger partial charge in [-0.05, 0) is 56.0 Å². The fourth-order valence-electron chi connectivity index (χ4n) is 3.56. The number of nitrogens with zero attached hydrogens (tertiary/aromatic N) is 1. The number of ether oxygens (including phenoxy) is 1. The first-order valence-corrected chi connectivity index (χ1v) is 11.8. The molecule has 1 atom stereocenters. The van der Waals surface area contributed by atoms with Gasteiger partial charge in [-0.25, -0.2) is 8.42 Å². The maximum atomic E-state index is 12.8.